The molecule has 146 valence electrons. The lowest BCUT2D eigenvalue weighted by Crippen LogP contribution is -2.27. The van der Waals surface area contributed by atoms with Gasteiger partial charge in [0.2, 0.25) is 5.91 Å². The number of rotatable bonds is 6. The van der Waals surface area contributed by atoms with Gasteiger partial charge in [-0.3, -0.25) is 4.79 Å². The Balaban J connectivity index is 1.59. The minimum atomic E-state index is -0.961. The number of carboxylic acids is 1. The number of carboxylic acid groups (broad SMARTS) is 1. The minimum Gasteiger partial charge on any atom is -0.477 e. The number of nitrogens with one attached hydrogen (secondary N) is 2. The maximum absolute atomic E-state index is 12.2. The first kappa shape index (κ1) is 18.7. The zero-order valence-corrected chi connectivity index (χ0v) is 16.2. The summed E-state index contributed by atoms with van der Waals surface area (Å²) in [6.07, 6.45) is 1.03. The van der Waals surface area contributed by atoms with Crippen LogP contribution in [0, 0.1) is 6.92 Å². The first-order chi connectivity index (χ1) is 14.0. The smallest absolute Gasteiger partial charge is 0.352 e. The molecule has 3 aromatic carbocycles. The van der Waals surface area contributed by atoms with E-state index in [-0.39, 0.29) is 11.6 Å². The Morgan fingerprint density at radius 3 is 2.52 bits per heavy atom. The predicted octanol–water partition coefficient (Wildman–Crippen LogP) is 4.23. The molecule has 0 atom stereocenters. The summed E-state index contributed by atoms with van der Waals surface area (Å²) < 4.78 is 0. The van der Waals surface area contributed by atoms with Crippen LogP contribution in [-0.4, -0.2) is 28.5 Å². The largest absolute Gasteiger partial charge is 0.477 e. The number of carbonyl (C=O) groups excluding carboxylic acids is 1. The summed E-state index contributed by atoms with van der Waals surface area (Å²) in [5, 5.41) is 15.5. The summed E-state index contributed by atoms with van der Waals surface area (Å²) in [5.41, 5.74) is 3.85. The molecule has 0 unspecified atom stereocenters. The number of aryl methyl sites for hydroxylation is 1. The SMILES string of the molecule is Cc1c(C(=O)O)[nH]c2ccc3cccc(CCNC(=O)Cc4ccccc4)c3c12. The standard InChI is InChI=1S/C24H22N2O3/c1-15-21-19(26-23(15)24(28)29)11-10-17-8-5-9-18(22(17)21)12-13-25-20(27)14-16-6-3-2-4-7-16/h2-11,26H,12-14H2,1H3,(H,25,27)(H,28,29). The van der Waals surface area contributed by atoms with Gasteiger partial charge in [0.25, 0.3) is 0 Å². The monoisotopic (exact) mass is 386 g/mol. The van der Waals surface area contributed by atoms with E-state index in [0.29, 0.717) is 19.4 Å². The Morgan fingerprint density at radius 2 is 1.76 bits per heavy atom. The second-order valence-corrected chi connectivity index (χ2v) is 7.20. The van der Waals surface area contributed by atoms with Gasteiger partial charge in [0.1, 0.15) is 5.69 Å². The fourth-order valence-corrected chi connectivity index (χ4v) is 3.90. The maximum atomic E-state index is 12.2. The fraction of sp³-hybridized carbons (Fsp3) is 0.167. The summed E-state index contributed by atoms with van der Waals surface area (Å²) in [5.74, 6) is -0.968. The van der Waals surface area contributed by atoms with Crippen molar-refractivity contribution in [2.24, 2.45) is 0 Å². The van der Waals surface area contributed by atoms with E-state index in [1.54, 1.807) is 0 Å². The number of amides is 1. The van der Waals surface area contributed by atoms with Crippen LogP contribution in [0.3, 0.4) is 0 Å². The Kier molecular flexibility index (Phi) is 5.04. The molecule has 5 nitrogen and oxygen atoms in total. The zero-order valence-electron chi connectivity index (χ0n) is 16.2. The minimum absolute atomic E-state index is 0.00688. The first-order valence-corrected chi connectivity index (χ1v) is 9.61. The van der Waals surface area contributed by atoms with Crippen LogP contribution in [0.4, 0.5) is 0 Å². The average Bonchev–Trinajstić information content (AvgIpc) is 3.06. The highest BCUT2D eigenvalue weighted by Gasteiger charge is 2.17. The van der Waals surface area contributed by atoms with E-state index in [0.717, 1.165) is 38.4 Å². The van der Waals surface area contributed by atoms with Gasteiger partial charge >= 0.3 is 5.97 Å². The fourth-order valence-electron chi connectivity index (χ4n) is 3.90. The maximum Gasteiger partial charge on any atom is 0.352 e. The molecule has 1 heterocycles. The van der Waals surface area contributed by atoms with Crippen LogP contribution < -0.4 is 5.32 Å². The second kappa shape index (κ2) is 7.80. The van der Waals surface area contributed by atoms with Crippen LogP contribution in [0.25, 0.3) is 21.7 Å². The Bertz CT molecular complexity index is 1210. The molecule has 0 bridgehead atoms. The van der Waals surface area contributed by atoms with E-state index in [9.17, 15) is 14.7 Å². The number of hydrogen-bond donors (Lipinski definition) is 3. The second-order valence-electron chi connectivity index (χ2n) is 7.20. The van der Waals surface area contributed by atoms with Gasteiger partial charge in [-0.15, -0.1) is 0 Å². The van der Waals surface area contributed by atoms with Gasteiger partial charge in [0, 0.05) is 17.4 Å². The third-order valence-electron chi connectivity index (χ3n) is 5.28. The molecule has 0 spiro atoms. The quantitative estimate of drug-likeness (QED) is 0.464. The molecular formula is C24H22N2O3. The molecule has 5 heteroatoms. The third kappa shape index (κ3) is 3.72. The van der Waals surface area contributed by atoms with Gasteiger partial charge in [-0.05, 0) is 46.9 Å². The predicted molar refractivity (Wildman–Crippen MR) is 114 cm³/mol. The molecule has 0 aliphatic rings. The number of aromatic nitrogens is 1. The van der Waals surface area contributed by atoms with Crippen molar-refractivity contribution in [3.8, 4) is 0 Å². The number of H-pyrrole nitrogens is 1. The Morgan fingerprint density at radius 1 is 0.966 bits per heavy atom. The van der Waals surface area contributed by atoms with Crippen LogP contribution in [0.2, 0.25) is 0 Å². The molecule has 0 radical (unpaired) electrons. The van der Waals surface area contributed by atoms with E-state index in [1.165, 1.54) is 0 Å². The van der Waals surface area contributed by atoms with Gasteiger partial charge in [-0.1, -0.05) is 54.6 Å². The van der Waals surface area contributed by atoms with Crippen molar-refractivity contribution in [3.63, 3.8) is 0 Å². The number of hydrogen-bond acceptors (Lipinski definition) is 2. The van der Waals surface area contributed by atoms with Crippen LogP contribution in [0.5, 0.6) is 0 Å². The molecule has 4 rings (SSSR count). The molecule has 1 aromatic heterocycles. The number of aromatic amines is 1. The lowest BCUT2D eigenvalue weighted by atomic mass is 9.96. The number of benzene rings is 3. The summed E-state index contributed by atoms with van der Waals surface area (Å²) in [4.78, 5) is 26.8. The normalized spacial score (nSPS) is 11.1. The molecular weight excluding hydrogens is 364 g/mol. The summed E-state index contributed by atoms with van der Waals surface area (Å²) in [6, 6.07) is 19.6. The molecule has 4 aromatic rings. The Labute approximate surface area is 168 Å². The van der Waals surface area contributed by atoms with Crippen LogP contribution in [-0.2, 0) is 17.6 Å². The molecule has 0 saturated carbocycles. The van der Waals surface area contributed by atoms with E-state index in [1.807, 2.05) is 67.6 Å². The molecule has 3 N–H and O–H groups in total. The lowest BCUT2D eigenvalue weighted by Gasteiger charge is -2.10. The highest BCUT2D eigenvalue weighted by molar-refractivity contribution is 6.12. The van der Waals surface area contributed by atoms with Crippen LogP contribution >= 0.6 is 0 Å². The van der Waals surface area contributed by atoms with Crippen molar-refractivity contribution >= 4 is 33.6 Å². The van der Waals surface area contributed by atoms with Crippen molar-refractivity contribution in [2.45, 2.75) is 19.8 Å². The lowest BCUT2D eigenvalue weighted by molar-refractivity contribution is -0.120. The van der Waals surface area contributed by atoms with Crippen molar-refractivity contribution in [3.05, 3.63) is 83.0 Å². The third-order valence-corrected chi connectivity index (χ3v) is 5.28. The van der Waals surface area contributed by atoms with Gasteiger partial charge in [-0.25, -0.2) is 4.79 Å². The first-order valence-electron chi connectivity index (χ1n) is 9.61. The molecule has 1 amide bonds. The molecule has 0 aliphatic carbocycles. The zero-order chi connectivity index (χ0) is 20.4. The van der Waals surface area contributed by atoms with Crippen LogP contribution in [0.1, 0.15) is 27.2 Å². The van der Waals surface area contributed by atoms with Crippen molar-refractivity contribution in [1.82, 2.24) is 10.3 Å². The van der Waals surface area contributed by atoms with Gasteiger partial charge in [0.05, 0.1) is 6.42 Å². The topological polar surface area (TPSA) is 82.2 Å². The van der Waals surface area contributed by atoms with E-state index in [2.05, 4.69) is 10.3 Å². The summed E-state index contributed by atoms with van der Waals surface area (Å²) in [7, 11) is 0. The Hall–Kier alpha value is -3.60. The average molecular weight is 386 g/mol. The number of aromatic carboxylic acids is 1. The van der Waals surface area contributed by atoms with E-state index >= 15 is 0 Å². The highest BCUT2D eigenvalue weighted by Crippen LogP contribution is 2.32. The number of fused-ring (bicyclic) bond motifs is 3. The molecule has 0 fully saturated rings. The van der Waals surface area contributed by atoms with Gasteiger partial charge in [-0.2, -0.15) is 0 Å². The molecule has 29 heavy (non-hydrogen) atoms. The molecule has 0 saturated heterocycles. The van der Waals surface area contributed by atoms with Gasteiger partial charge in [0.15, 0.2) is 0 Å². The van der Waals surface area contributed by atoms with Crippen molar-refractivity contribution in [2.75, 3.05) is 6.54 Å². The molecule has 0 aliphatic heterocycles. The summed E-state index contributed by atoms with van der Waals surface area (Å²) in [6.45, 7) is 2.36. The van der Waals surface area contributed by atoms with E-state index < -0.39 is 5.97 Å². The number of carbonyl (C=O) groups is 2. The highest BCUT2D eigenvalue weighted by atomic mass is 16.4. The van der Waals surface area contributed by atoms with E-state index in [4.69, 9.17) is 0 Å². The summed E-state index contributed by atoms with van der Waals surface area (Å²) >= 11 is 0. The van der Waals surface area contributed by atoms with Crippen molar-refractivity contribution < 1.29 is 14.7 Å². The van der Waals surface area contributed by atoms with Gasteiger partial charge < -0.3 is 15.4 Å². The van der Waals surface area contributed by atoms with Crippen molar-refractivity contribution in [1.29, 1.82) is 0 Å². The van der Waals surface area contributed by atoms with Crippen LogP contribution in [0.15, 0.2) is 60.7 Å².